The minimum atomic E-state index is -0.980. The number of methoxy groups -OCH3 is 1. The van der Waals surface area contributed by atoms with Crippen LogP contribution < -0.4 is 0 Å². The van der Waals surface area contributed by atoms with Crippen LogP contribution in [0.1, 0.15) is 6.42 Å². The van der Waals surface area contributed by atoms with Gasteiger partial charge in [-0.25, -0.2) is 4.79 Å². The normalized spacial score (nSPS) is 11.0. The Morgan fingerprint density at radius 1 is 0.682 bits per heavy atom. The van der Waals surface area contributed by atoms with E-state index in [9.17, 15) is 4.79 Å². The lowest BCUT2D eigenvalue weighted by atomic mass is 10.5. The van der Waals surface area contributed by atoms with Gasteiger partial charge in [0, 0.05) is 20.3 Å². The minimum Gasteiger partial charge on any atom is -0.480 e. The van der Waals surface area contributed by atoms with Crippen molar-refractivity contribution in [1.82, 2.24) is 0 Å². The van der Waals surface area contributed by atoms with E-state index in [2.05, 4.69) is 0 Å². The first-order valence-electron chi connectivity index (χ1n) is 7.36. The van der Waals surface area contributed by atoms with Crippen molar-refractivity contribution in [2.24, 2.45) is 0 Å². The lowest BCUT2D eigenvalue weighted by molar-refractivity contribution is -0.142. The number of carbonyl (C=O) groups is 1. The molecule has 0 unspecified atom stereocenters. The Morgan fingerprint density at radius 2 is 1.09 bits per heavy atom. The van der Waals surface area contributed by atoms with Crippen LogP contribution in [0.15, 0.2) is 0 Å². The molecule has 0 rings (SSSR count). The maximum absolute atomic E-state index is 10.2. The Bertz CT molecular complexity index is 237. The van der Waals surface area contributed by atoms with Crippen LogP contribution in [0.2, 0.25) is 0 Å². The third kappa shape index (κ3) is 19.2. The van der Waals surface area contributed by atoms with Crippen LogP contribution >= 0.6 is 0 Å². The summed E-state index contributed by atoms with van der Waals surface area (Å²) in [6, 6.07) is 0. The van der Waals surface area contributed by atoms with Gasteiger partial charge in [-0.3, -0.25) is 0 Å². The quantitative estimate of drug-likeness (QED) is 0.357. The highest BCUT2D eigenvalue weighted by molar-refractivity contribution is 5.67. The first-order valence-corrected chi connectivity index (χ1v) is 7.36. The molecule has 0 atom stereocenters. The van der Waals surface area contributed by atoms with E-state index in [4.69, 9.17) is 33.5 Å². The molecule has 0 aliphatic carbocycles. The fraction of sp³-hybridized carbons (Fsp3) is 0.929. The van der Waals surface area contributed by atoms with Crippen molar-refractivity contribution in [3.05, 3.63) is 0 Å². The SMILES string of the molecule is COCCOCCOCCCOCCOCCOCC(=O)O. The van der Waals surface area contributed by atoms with Gasteiger partial charge in [-0.15, -0.1) is 0 Å². The Balaban J connectivity index is 2.95. The standard InChI is InChI=1S/C14H28O8/c1-17-5-6-20-9-7-18-3-2-4-19-8-10-21-11-12-22-13-14(15)16/h2-13H2,1H3,(H,15,16). The highest BCUT2D eigenvalue weighted by Crippen LogP contribution is 1.87. The van der Waals surface area contributed by atoms with Crippen LogP contribution in [-0.4, -0.2) is 90.9 Å². The zero-order chi connectivity index (χ0) is 16.3. The van der Waals surface area contributed by atoms with E-state index in [-0.39, 0.29) is 13.2 Å². The summed E-state index contributed by atoms with van der Waals surface area (Å²) in [6.07, 6.45) is 0.819. The summed E-state index contributed by atoms with van der Waals surface area (Å²) in [5.74, 6) is -0.980. The summed E-state index contributed by atoms with van der Waals surface area (Å²) >= 11 is 0. The zero-order valence-corrected chi connectivity index (χ0v) is 13.3. The van der Waals surface area contributed by atoms with Gasteiger partial charge in [0.15, 0.2) is 0 Å². The molecular formula is C14H28O8. The van der Waals surface area contributed by atoms with Gasteiger partial charge in [0.25, 0.3) is 0 Å². The molecule has 8 heteroatoms. The molecule has 0 saturated carbocycles. The van der Waals surface area contributed by atoms with E-state index in [0.29, 0.717) is 59.5 Å². The number of aliphatic carboxylic acids is 1. The highest BCUT2D eigenvalue weighted by atomic mass is 16.6. The largest absolute Gasteiger partial charge is 0.480 e. The molecule has 132 valence electrons. The molecular weight excluding hydrogens is 296 g/mol. The molecule has 0 aliphatic heterocycles. The van der Waals surface area contributed by atoms with Crippen molar-refractivity contribution in [2.45, 2.75) is 6.42 Å². The van der Waals surface area contributed by atoms with Gasteiger partial charge < -0.3 is 33.5 Å². The van der Waals surface area contributed by atoms with Gasteiger partial charge in [0.2, 0.25) is 0 Å². The van der Waals surface area contributed by atoms with E-state index in [1.807, 2.05) is 0 Å². The number of hydrogen-bond acceptors (Lipinski definition) is 7. The molecule has 0 saturated heterocycles. The summed E-state index contributed by atoms with van der Waals surface area (Å²) in [5, 5.41) is 8.33. The topological polar surface area (TPSA) is 92.7 Å². The summed E-state index contributed by atoms with van der Waals surface area (Å²) < 4.78 is 30.8. The van der Waals surface area contributed by atoms with E-state index in [1.54, 1.807) is 7.11 Å². The molecule has 0 amide bonds. The maximum Gasteiger partial charge on any atom is 0.329 e. The second-order valence-corrected chi connectivity index (χ2v) is 4.24. The Labute approximate surface area is 131 Å². The number of ether oxygens (including phenoxy) is 6. The lowest BCUT2D eigenvalue weighted by Crippen LogP contribution is -2.13. The molecule has 0 aromatic carbocycles. The predicted octanol–water partition coefficient (Wildman–Crippen LogP) is 0.191. The molecule has 1 N–H and O–H groups in total. The summed E-state index contributed by atoms with van der Waals surface area (Å²) in [7, 11) is 1.64. The van der Waals surface area contributed by atoms with Crippen LogP contribution in [0.25, 0.3) is 0 Å². The molecule has 0 fully saturated rings. The van der Waals surface area contributed by atoms with Gasteiger partial charge in [-0.1, -0.05) is 0 Å². The number of rotatable bonds is 18. The van der Waals surface area contributed by atoms with Crippen molar-refractivity contribution in [2.75, 3.05) is 79.8 Å². The van der Waals surface area contributed by atoms with E-state index < -0.39 is 5.97 Å². The smallest absolute Gasteiger partial charge is 0.329 e. The summed E-state index contributed by atoms with van der Waals surface area (Å²) in [4.78, 5) is 10.2. The van der Waals surface area contributed by atoms with Crippen molar-refractivity contribution in [3.63, 3.8) is 0 Å². The van der Waals surface area contributed by atoms with Gasteiger partial charge in [0.1, 0.15) is 6.61 Å². The van der Waals surface area contributed by atoms with Crippen LogP contribution in [0.4, 0.5) is 0 Å². The van der Waals surface area contributed by atoms with Crippen LogP contribution in [0.5, 0.6) is 0 Å². The Hall–Kier alpha value is -0.770. The Kier molecular flexibility index (Phi) is 17.6. The average Bonchev–Trinajstić information content (AvgIpc) is 2.50. The van der Waals surface area contributed by atoms with E-state index >= 15 is 0 Å². The minimum absolute atomic E-state index is 0.270. The van der Waals surface area contributed by atoms with Crippen molar-refractivity contribution < 1.29 is 38.3 Å². The molecule has 0 bridgehead atoms. The number of carboxylic acids is 1. The highest BCUT2D eigenvalue weighted by Gasteiger charge is 1.96. The molecule has 0 aromatic rings. The van der Waals surface area contributed by atoms with E-state index in [1.165, 1.54) is 0 Å². The molecule has 0 heterocycles. The number of carboxylic acid groups (broad SMARTS) is 1. The Morgan fingerprint density at radius 3 is 1.55 bits per heavy atom. The van der Waals surface area contributed by atoms with Crippen LogP contribution in [0.3, 0.4) is 0 Å². The molecule has 8 nitrogen and oxygen atoms in total. The van der Waals surface area contributed by atoms with Gasteiger partial charge in [-0.2, -0.15) is 0 Å². The fourth-order valence-corrected chi connectivity index (χ4v) is 1.33. The molecule has 22 heavy (non-hydrogen) atoms. The molecule has 0 radical (unpaired) electrons. The molecule has 0 spiro atoms. The fourth-order valence-electron chi connectivity index (χ4n) is 1.33. The maximum atomic E-state index is 10.2. The molecule has 0 aromatic heterocycles. The monoisotopic (exact) mass is 324 g/mol. The van der Waals surface area contributed by atoms with Crippen molar-refractivity contribution >= 4 is 5.97 Å². The first-order chi connectivity index (χ1) is 10.8. The average molecular weight is 324 g/mol. The third-order valence-corrected chi connectivity index (χ3v) is 2.35. The zero-order valence-electron chi connectivity index (χ0n) is 13.3. The molecule has 0 aliphatic rings. The van der Waals surface area contributed by atoms with Crippen LogP contribution in [-0.2, 0) is 33.2 Å². The van der Waals surface area contributed by atoms with E-state index in [0.717, 1.165) is 6.42 Å². The predicted molar refractivity (Wildman–Crippen MR) is 78.2 cm³/mol. The van der Waals surface area contributed by atoms with Gasteiger partial charge >= 0.3 is 5.97 Å². The summed E-state index contributed by atoms with van der Waals surface area (Å²) in [6.45, 7) is 4.88. The van der Waals surface area contributed by atoms with Crippen molar-refractivity contribution in [3.8, 4) is 0 Å². The second-order valence-electron chi connectivity index (χ2n) is 4.24. The number of hydrogen-bond donors (Lipinski definition) is 1. The van der Waals surface area contributed by atoms with Crippen LogP contribution in [0, 0.1) is 0 Å². The summed E-state index contributed by atoms with van der Waals surface area (Å²) in [5.41, 5.74) is 0. The second kappa shape index (κ2) is 18.3. The van der Waals surface area contributed by atoms with Crippen molar-refractivity contribution in [1.29, 1.82) is 0 Å². The third-order valence-electron chi connectivity index (χ3n) is 2.35. The lowest BCUT2D eigenvalue weighted by Gasteiger charge is -2.07. The first kappa shape index (κ1) is 21.2. The van der Waals surface area contributed by atoms with Gasteiger partial charge in [-0.05, 0) is 6.42 Å². The van der Waals surface area contributed by atoms with Gasteiger partial charge in [0.05, 0.1) is 52.9 Å².